The lowest BCUT2D eigenvalue weighted by Gasteiger charge is -2.12. The number of hydrogen-bond acceptors (Lipinski definition) is 4. The van der Waals surface area contributed by atoms with Crippen LogP contribution in [0.1, 0.15) is 13.3 Å². The molecule has 1 atom stereocenters. The highest BCUT2D eigenvalue weighted by molar-refractivity contribution is 6.25. The third-order valence-electron chi connectivity index (χ3n) is 8.26. The summed E-state index contributed by atoms with van der Waals surface area (Å²) in [4.78, 5) is 10.2. The summed E-state index contributed by atoms with van der Waals surface area (Å²) in [6.45, 7) is 2.22. The van der Waals surface area contributed by atoms with Crippen molar-refractivity contribution in [3.8, 4) is 28.5 Å². The van der Waals surface area contributed by atoms with Crippen molar-refractivity contribution in [2.75, 3.05) is 5.32 Å². The Morgan fingerprint density at radius 2 is 1.36 bits per heavy atom. The van der Waals surface area contributed by atoms with E-state index in [9.17, 15) is 0 Å². The minimum absolute atomic E-state index is 0.447. The number of anilines is 1. The molecule has 2 aromatic heterocycles. The van der Waals surface area contributed by atoms with Gasteiger partial charge in [-0.1, -0.05) is 128 Å². The van der Waals surface area contributed by atoms with Crippen LogP contribution >= 0.6 is 0 Å². The maximum absolute atomic E-state index is 8.79. The van der Waals surface area contributed by atoms with Crippen LogP contribution < -0.4 is 15.9 Å². The summed E-state index contributed by atoms with van der Waals surface area (Å²) in [6, 6.07) is 40.7. The Balaban J connectivity index is 0.000000447. The first-order valence-corrected chi connectivity index (χ1v) is 15.9. The van der Waals surface area contributed by atoms with Crippen molar-refractivity contribution in [1.29, 1.82) is 5.41 Å². The highest BCUT2D eigenvalue weighted by atomic mass is 15.2. The smallest absolute Gasteiger partial charge is 0.235 e. The average Bonchev–Trinajstić information content (AvgIpc) is 3.45. The summed E-state index contributed by atoms with van der Waals surface area (Å²) >= 11 is 0. The van der Waals surface area contributed by atoms with Gasteiger partial charge in [-0.3, -0.25) is 4.57 Å². The van der Waals surface area contributed by atoms with Gasteiger partial charge in [0.25, 0.3) is 0 Å². The van der Waals surface area contributed by atoms with Crippen LogP contribution in [-0.4, -0.2) is 20.2 Å². The molecule has 47 heavy (non-hydrogen) atoms. The van der Waals surface area contributed by atoms with Crippen LogP contribution in [-0.2, 0) is 0 Å². The number of allylic oxidation sites excluding steroid dienone is 5. The molecule has 0 radical (unpaired) electrons. The van der Waals surface area contributed by atoms with Gasteiger partial charge in [0.1, 0.15) is 0 Å². The van der Waals surface area contributed by atoms with Crippen molar-refractivity contribution in [2.24, 2.45) is 5.92 Å². The van der Waals surface area contributed by atoms with Gasteiger partial charge in [-0.25, -0.2) is 9.97 Å². The van der Waals surface area contributed by atoms with E-state index >= 15 is 0 Å². The van der Waals surface area contributed by atoms with Crippen molar-refractivity contribution in [2.45, 2.75) is 13.3 Å². The monoisotopic (exact) mass is 609 g/mol. The Kier molecular flexibility index (Phi) is 8.52. The van der Waals surface area contributed by atoms with E-state index in [0.29, 0.717) is 11.7 Å². The second kappa shape index (κ2) is 13.5. The molecular formula is C42H35N5. The first-order valence-electron chi connectivity index (χ1n) is 15.9. The number of fused-ring (bicyclic) bond motifs is 3. The summed E-state index contributed by atoms with van der Waals surface area (Å²) in [6.07, 6.45) is 15.7. The van der Waals surface area contributed by atoms with Gasteiger partial charge in [-0.05, 0) is 48.8 Å². The van der Waals surface area contributed by atoms with Crippen LogP contribution in [0.25, 0.3) is 51.5 Å². The van der Waals surface area contributed by atoms with Gasteiger partial charge in [0.2, 0.25) is 5.95 Å². The molecular weight excluding hydrogens is 574 g/mol. The molecule has 1 unspecified atom stereocenters. The van der Waals surface area contributed by atoms with Crippen LogP contribution in [0.5, 0.6) is 0 Å². The first kappa shape index (κ1) is 29.6. The van der Waals surface area contributed by atoms with Gasteiger partial charge < -0.3 is 10.7 Å². The molecule has 0 spiro atoms. The van der Waals surface area contributed by atoms with Gasteiger partial charge >= 0.3 is 0 Å². The minimum Gasteiger partial charge on any atom is -0.361 e. The van der Waals surface area contributed by atoms with Crippen LogP contribution in [0.4, 0.5) is 5.69 Å². The summed E-state index contributed by atoms with van der Waals surface area (Å²) < 4.78 is 2.11. The van der Waals surface area contributed by atoms with E-state index in [-0.39, 0.29) is 0 Å². The van der Waals surface area contributed by atoms with Crippen molar-refractivity contribution >= 4 is 34.5 Å². The first-order chi connectivity index (χ1) is 23.1. The molecule has 0 amide bonds. The lowest BCUT2D eigenvalue weighted by atomic mass is 10.0. The Morgan fingerprint density at radius 1 is 0.745 bits per heavy atom. The summed E-state index contributed by atoms with van der Waals surface area (Å²) in [5.74, 6) is 1.36. The van der Waals surface area contributed by atoms with E-state index in [1.807, 2.05) is 103 Å². The third-order valence-corrected chi connectivity index (χ3v) is 8.26. The zero-order valence-electron chi connectivity index (χ0n) is 26.2. The quantitative estimate of drug-likeness (QED) is 0.206. The lowest BCUT2D eigenvalue weighted by Crippen LogP contribution is -2.34. The molecule has 2 N–H and O–H groups in total. The van der Waals surface area contributed by atoms with Gasteiger partial charge in [0.15, 0.2) is 0 Å². The zero-order valence-corrected chi connectivity index (χ0v) is 26.2. The molecule has 2 heterocycles. The topological polar surface area (TPSA) is 66.6 Å². The largest absolute Gasteiger partial charge is 0.361 e. The molecule has 8 rings (SSSR count). The number of nitrogens with one attached hydrogen (secondary N) is 2. The molecule has 228 valence electrons. The summed E-state index contributed by atoms with van der Waals surface area (Å²) in [5, 5.41) is 15.1. The normalized spacial score (nSPS) is 15.7. The van der Waals surface area contributed by atoms with E-state index in [1.54, 1.807) is 0 Å². The van der Waals surface area contributed by atoms with E-state index in [4.69, 9.17) is 15.4 Å². The van der Waals surface area contributed by atoms with Gasteiger partial charge in [-0.15, -0.1) is 0 Å². The van der Waals surface area contributed by atoms with E-state index in [1.165, 1.54) is 6.42 Å². The van der Waals surface area contributed by atoms with Gasteiger partial charge in [0.05, 0.1) is 28.0 Å². The molecule has 4 aromatic carbocycles. The number of hydrogen-bond donors (Lipinski definition) is 2. The summed E-state index contributed by atoms with van der Waals surface area (Å²) in [7, 11) is 0. The molecule has 5 heteroatoms. The SMILES string of the molecule is CC1C=CC=CC1.N=C1C=c2c(n(-c3nc(-c4ccccc4)cc(-c4ccccc4)n3)c3ccccc23)=C/C1=C/Nc1ccccc1. The highest BCUT2D eigenvalue weighted by Gasteiger charge is 2.18. The number of aromatic nitrogens is 3. The Bertz CT molecular complexity index is 2200. The molecule has 0 fully saturated rings. The standard InChI is InChI=1S/C35H25N5.C7H10/c36-30-21-29-28-18-10-11-19-33(28)40(34(29)20-26(30)23-37-27-16-8-3-9-17-27)35-38-31(24-12-4-1-5-13-24)22-32(39-35)25-14-6-2-7-15-25;1-7-5-3-2-4-6-7/h1-23,36-37H;2-5,7H,6H2,1H3/b26-23-,36-30?;. The van der Waals surface area contributed by atoms with E-state index in [0.717, 1.165) is 61.2 Å². The van der Waals surface area contributed by atoms with Crippen LogP contribution in [0.15, 0.2) is 157 Å². The molecule has 0 saturated carbocycles. The van der Waals surface area contributed by atoms with Gasteiger partial charge in [-0.2, -0.15) is 0 Å². The lowest BCUT2D eigenvalue weighted by molar-refractivity contribution is 0.737. The van der Waals surface area contributed by atoms with Crippen LogP contribution in [0.2, 0.25) is 0 Å². The number of para-hydroxylation sites is 2. The number of rotatable bonds is 5. The highest BCUT2D eigenvalue weighted by Crippen LogP contribution is 2.26. The van der Waals surface area contributed by atoms with Crippen molar-refractivity contribution < 1.29 is 0 Å². The van der Waals surface area contributed by atoms with Crippen molar-refractivity contribution in [1.82, 2.24) is 14.5 Å². The molecule has 2 aliphatic carbocycles. The van der Waals surface area contributed by atoms with E-state index in [2.05, 4.69) is 77.5 Å². The molecule has 0 saturated heterocycles. The molecule has 6 aromatic rings. The fraction of sp³-hybridized carbons (Fsp3) is 0.0714. The molecule has 2 aliphatic rings. The van der Waals surface area contributed by atoms with Crippen LogP contribution in [0, 0.1) is 11.3 Å². The van der Waals surface area contributed by atoms with Crippen LogP contribution in [0.3, 0.4) is 0 Å². The Labute approximate surface area is 274 Å². The fourth-order valence-electron chi connectivity index (χ4n) is 5.81. The second-order valence-electron chi connectivity index (χ2n) is 11.7. The Morgan fingerprint density at radius 3 is 1.96 bits per heavy atom. The number of benzene rings is 4. The third kappa shape index (κ3) is 6.51. The maximum atomic E-state index is 8.79. The second-order valence-corrected chi connectivity index (χ2v) is 11.7. The number of nitrogens with zero attached hydrogens (tertiary/aromatic N) is 3. The van der Waals surface area contributed by atoms with Gasteiger partial charge in [0, 0.05) is 39.2 Å². The molecule has 0 aliphatic heterocycles. The van der Waals surface area contributed by atoms with Crippen molar-refractivity contribution in [3.63, 3.8) is 0 Å². The Hall–Kier alpha value is -6.07. The molecule has 0 bridgehead atoms. The fourth-order valence-corrected chi connectivity index (χ4v) is 5.81. The zero-order chi connectivity index (χ0) is 32.0. The predicted molar refractivity (Wildman–Crippen MR) is 196 cm³/mol. The molecule has 5 nitrogen and oxygen atoms in total. The van der Waals surface area contributed by atoms with E-state index < -0.39 is 0 Å². The maximum Gasteiger partial charge on any atom is 0.235 e. The average molecular weight is 610 g/mol. The minimum atomic E-state index is 0.447. The van der Waals surface area contributed by atoms with Crippen molar-refractivity contribution in [3.05, 3.63) is 168 Å². The summed E-state index contributed by atoms with van der Waals surface area (Å²) in [5.41, 5.74) is 6.95. The predicted octanol–water partition coefficient (Wildman–Crippen LogP) is 8.48.